The maximum atomic E-state index is 12.2. The summed E-state index contributed by atoms with van der Waals surface area (Å²) in [7, 11) is 0. The van der Waals surface area contributed by atoms with Gasteiger partial charge in [-0.3, -0.25) is 4.79 Å². The van der Waals surface area contributed by atoms with Gasteiger partial charge < -0.3 is 10.6 Å². The molecule has 1 aromatic heterocycles. The zero-order valence-corrected chi connectivity index (χ0v) is 12.0. The molecule has 1 amide bonds. The lowest BCUT2D eigenvalue weighted by atomic mass is 10.0. The topological polar surface area (TPSA) is 46.3 Å². The van der Waals surface area contributed by atoms with E-state index in [1.807, 2.05) is 4.90 Å². The molecule has 0 radical (unpaired) electrons. The second-order valence-electron chi connectivity index (χ2n) is 5.04. The molecule has 2 rings (SSSR count). The van der Waals surface area contributed by atoms with E-state index in [4.69, 9.17) is 5.73 Å². The van der Waals surface area contributed by atoms with Gasteiger partial charge in [-0.15, -0.1) is 11.3 Å². The lowest BCUT2D eigenvalue weighted by molar-refractivity contribution is -0.133. The largest absolute Gasteiger partial charge is 0.333 e. The predicted octanol–water partition coefficient (Wildman–Crippen LogP) is 2.85. The van der Waals surface area contributed by atoms with Crippen molar-refractivity contribution in [3.8, 4) is 0 Å². The van der Waals surface area contributed by atoms with Crippen LogP contribution in [0.15, 0.2) is 12.1 Å². The normalized spacial score (nSPS) is 25.3. The molecule has 1 aromatic rings. The summed E-state index contributed by atoms with van der Waals surface area (Å²) in [5.74, 6) is 0.265. The van der Waals surface area contributed by atoms with E-state index in [1.165, 1.54) is 9.75 Å². The molecule has 4 heteroatoms. The molecule has 2 unspecified atom stereocenters. The van der Waals surface area contributed by atoms with Crippen LogP contribution in [0, 0.1) is 6.92 Å². The van der Waals surface area contributed by atoms with Gasteiger partial charge in [-0.25, -0.2) is 0 Å². The van der Waals surface area contributed by atoms with E-state index in [-0.39, 0.29) is 18.0 Å². The first-order valence-electron chi connectivity index (χ1n) is 6.75. The minimum Gasteiger partial charge on any atom is -0.333 e. The van der Waals surface area contributed by atoms with E-state index >= 15 is 0 Å². The number of hydrogen-bond donors (Lipinski definition) is 1. The van der Waals surface area contributed by atoms with Gasteiger partial charge in [0.1, 0.15) is 0 Å². The standard InChI is InChI=1S/C14H22N2OS/c1-3-9-16-13(17)6-4-5-11(15)14(16)12-8-7-10(2)18-12/h7-8,11,14H,3-6,9,15H2,1-2H3. The van der Waals surface area contributed by atoms with Crippen molar-refractivity contribution < 1.29 is 4.79 Å². The van der Waals surface area contributed by atoms with Crippen molar-refractivity contribution in [3.05, 3.63) is 21.9 Å². The molecule has 0 saturated carbocycles. The molecule has 1 saturated heterocycles. The third kappa shape index (κ3) is 2.75. The highest BCUT2D eigenvalue weighted by Gasteiger charge is 2.32. The fraction of sp³-hybridized carbons (Fsp3) is 0.643. The average Bonchev–Trinajstić information content (AvgIpc) is 2.69. The summed E-state index contributed by atoms with van der Waals surface area (Å²) in [6.45, 7) is 5.02. The number of rotatable bonds is 3. The van der Waals surface area contributed by atoms with Crippen LogP contribution in [-0.2, 0) is 4.79 Å². The van der Waals surface area contributed by atoms with Crippen LogP contribution >= 0.6 is 11.3 Å². The highest BCUT2D eigenvalue weighted by molar-refractivity contribution is 7.12. The monoisotopic (exact) mass is 266 g/mol. The van der Waals surface area contributed by atoms with Crippen LogP contribution in [0.2, 0.25) is 0 Å². The molecule has 100 valence electrons. The van der Waals surface area contributed by atoms with Gasteiger partial charge in [-0.1, -0.05) is 6.92 Å². The molecule has 0 aromatic carbocycles. The summed E-state index contributed by atoms with van der Waals surface area (Å²) < 4.78 is 0. The molecular formula is C14H22N2OS. The van der Waals surface area contributed by atoms with Gasteiger partial charge in [0.05, 0.1) is 6.04 Å². The zero-order chi connectivity index (χ0) is 13.1. The van der Waals surface area contributed by atoms with Gasteiger partial charge in [0, 0.05) is 28.8 Å². The van der Waals surface area contributed by atoms with E-state index in [9.17, 15) is 4.79 Å². The Balaban J connectivity index is 2.32. The molecule has 2 atom stereocenters. The van der Waals surface area contributed by atoms with Crippen molar-refractivity contribution in [2.45, 2.75) is 51.6 Å². The number of amides is 1. The van der Waals surface area contributed by atoms with Crippen LogP contribution in [-0.4, -0.2) is 23.4 Å². The quantitative estimate of drug-likeness (QED) is 0.914. The predicted molar refractivity (Wildman–Crippen MR) is 75.6 cm³/mol. The number of carbonyl (C=O) groups excluding carboxylic acids is 1. The number of nitrogens with zero attached hydrogens (tertiary/aromatic N) is 1. The Labute approximate surface area is 113 Å². The van der Waals surface area contributed by atoms with Crippen LogP contribution in [0.25, 0.3) is 0 Å². The van der Waals surface area contributed by atoms with E-state index in [0.29, 0.717) is 6.42 Å². The SMILES string of the molecule is CCCN1C(=O)CCCC(N)C1c1ccc(C)s1. The zero-order valence-electron chi connectivity index (χ0n) is 11.2. The summed E-state index contributed by atoms with van der Waals surface area (Å²) in [6.07, 6.45) is 3.49. The number of thiophene rings is 1. The van der Waals surface area contributed by atoms with E-state index in [2.05, 4.69) is 26.0 Å². The molecular weight excluding hydrogens is 244 g/mol. The van der Waals surface area contributed by atoms with E-state index in [1.54, 1.807) is 11.3 Å². The van der Waals surface area contributed by atoms with Gasteiger partial charge in [0.2, 0.25) is 5.91 Å². The smallest absolute Gasteiger partial charge is 0.223 e. The first-order valence-corrected chi connectivity index (χ1v) is 7.56. The van der Waals surface area contributed by atoms with Gasteiger partial charge in [0.15, 0.2) is 0 Å². The lowest BCUT2D eigenvalue weighted by Gasteiger charge is -2.32. The summed E-state index contributed by atoms with van der Waals surface area (Å²) in [5, 5.41) is 0. The van der Waals surface area contributed by atoms with Crippen molar-refractivity contribution in [3.63, 3.8) is 0 Å². The molecule has 1 fully saturated rings. The fourth-order valence-corrected chi connectivity index (χ4v) is 3.73. The van der Waals surface area contributed by atoms with Crippen LogP contribution < -0.4 is 5.73 Å². The maximum absolute atomic E-state index is 12.2. The molecule has 18 heavy (non-hydrogen) atoms. The number of carbonyl (C=O) groups is 1. The van der Waals surface area contributed by atoms with Gasteiger partial charge in [-0.05, 0) is 38.3 Å². The van der Waals surface area contributed by atoms with Crippen molar-refractivity contribution >= 4 is 17.2 Å². The summed E-state index contributed by atoms with van der Waals surface area (Å²) in [6, 6.07) is 4.40. The van der Waals surface area contributed by atoms with Crippen LogP contribution in [0.1, 0.15) is 48.4 Å². The number of hydrogen-bond acceptors (Lipinski definition) is 3. The van der Waals surface area contributed by atoms with Crippen molar-refractivity contribution in [1.29, 1.82) is 0 Å². The number of nitrogens with two attached hydrogens (primary N) is 1. The van der Waals surface area contributed by atoms with E-state index < -0.39 is 0 Å². The van der Waals surface area contributed by atoms with Gasteiger partial charge >= 0.3 is 0 Å². The Bertz CT molecular complexity index is 416. The molecule has 2 N–H and O–H groups in total. The lowest BCUT2D eigenvalue weighted by Crippen LogP contribution is -2.42. The summed E-state index contributed by atoms with van der Waals surface area (Å²) in [5.41, 5.74) is 6.32. The highest BCUT2D eigenvalue weighted by Crippen LogP contribution is 2.34. The Morgan fingerprint density at radius 3 is 2.89 bits per heavy atom. The Morgan fingerprint density at radius 2 is 2.28 bits per heavy atom. The Kier molecular flexibility index (Phi) is 4.40. The average molecular weight is 266 g/mol. The molecule has 0 spiro atoms. The Morgan fingerprint density at radius 1 is 1.50 bits per heavy atom. The molecule has 2 heterocycles. The van der Waals surface area contributed by atoms with Crippen molar-refractivity contribution in [1.82, 2.24) is 4.90 Å². The highest BCUT2D eigenvalue weighted by atomic mass is 32.1. The van der Waals surface area contributed by atoms with E-state index in [0.717, 1.165) is 25.8 Å². The van der Waals surface area contributed by atoms with Crippen LogP contribution in [0.3, 0.4) is 0 Å². The molecule has 0 bridgehead atoms. The summed E-state index contributed by atoms with van der Waals surface area (Å²) in [4.78, 5) is 16.7. The Hall–Kier alpha value is -0.870. The van der Waals surface area contributed by atoms with Crippen molar-refractivity contribution in [2.75, 3.05) is 6.54 Å². The minimum absolute atomic E-state index is 0.0704. The fourth-order valence-electron chi connectivity index (χ4n) is 2.66. The van der Waals surface area contributed by atoms with Gasteiger partial charge in [-0.2, -0.15) is 0 Å². The van der Waals surface area contributed by atoms with Crippen LogP contribution in [0.5, 0.6) is 0 Å². The minimum atomic E-state index is 0.0704. The number of aryl methyl sites for hydroxylation is 1. The maximum Gasteiger partial charge on any atom is 0.223 e. The molecule has 3 nitrogen and oxygen atoms in total. The van der Waals surface area contributed by atoms with Crippen LogP contribution in [0.4, 0.5) is 0 Å². The third-order valence-corrected chi connectivity index (χ3v) is 4.58. The first kappa shape index (κ1) is 13.6. The number of likely N-dealkylation sites (tertiary alicyclic amines) is 1. The summed E-state index contributed by atoms with van der Waals surface area (Å²) >= 11 is 1.77. The second-order valence-corrected chi connectivity index (χ2v) is 6.36. The molecule has 0 aliphatic carbocycles. The second kappa shape index (κ2) is 5.85. The van der Waals surface area contributed by atoms with Gasteiger partial charge in [0.25, 0.3) is 0 Å². The third-order valence-electron chi connectivity index (χ3n) is 3.51. The van der Waals surface area contributed by atoms with Crippen molar-refractivity contribution in [2.24, 2.45) is 5.73 Å². The molecule has 1 aliphatic heterocycles. The first-order chi connectivity index (χ1) is 8.63. The molecule has 1 aliphatic rings.